The molecule has 2 aromatic carbocycles. The van der Waals surface area contributed by atoms with E-state index < -0.39 is 0 Å². The number of nitrogens with one attached hydrogen (secondary N) is 2. The summed E-state index contributed by atoms with van der Waals surface area (Å²) in [7, 11) is 0. The molecule has 0 heterocycles. The molecular weight excluding hydrogens is 391 g/mol. The molecule has 2 N–H and O–H groups in total. The van der Waals surface area contributed by atoms with Gasteiger partial charge in [0.05, 0.1) is 23.9 Å². The van der Waals surface area contributed by atoms with E-state index in [-0.39, 0.29) is 6.03 Å². The predicted octanol–water partition coefficient (Wildman–Crippen LogP) is 4.61. The minimum absolute atomic E-state index is 0.322. The zero-order valence-corrected chi connectivity index (χ0v) is 16.5. The zero-order chi connectivity index (χ0) is 19.5. The Balaban J connectivity index is 1.79. The Morgan fingerprint density at radius 3 is 2.52 bits per heavy atom. The second-order valence-electron chi connectivity index (χ2n) is 5.35. The molecule has 27 heavy (non-hydrogen) atoms. The number of hydrogen-bond donors (Lipinski definition) is 2. The Bertz CT molecular complexity index is 726. The van der Waals surface area contributed by atoms with Gasteiger partial charge in [-0.1, -0.05) is 29.3 Å². The number of carbonyl (C=O) groups excluding carboxylic acids is 1. The van der Waals surface area contributed by atoms with E-state index in [2.05, 4.69) is 10.6 Å². The summed E-state index contributed by atoms with van der Waals surface area (Å²) in [4.78, 5) is 12.1. The van der Waals surface area contributed by atoms with Gasteiger partial charge in [0, 0.05) is 11.6 Å². The highest BCUT2D eigenvalue weighted by molar-refractivity contribution is 6.32. The van der Waals surface area contributed by atoms with Gasteiger partial charge in [0.2, 0.25) is 0 Å². The molecule has 2 rings (SSSR count). The van der Waals surface area contributed by atoms with Crippen molar-refractivity contribution >= 4 is 34.9 Å². The first-order valence-electron chi connectivity index (χ1n) is 8.52. The van der Waals surface area contributed by atoms with E-state index in [0.29, 0.717) is 60.2 Å². The van der Waals surface area contributed by atoms with Crippen molar-refractivity contribution in [3.8, 4) is 11.5 Å². The van der Waals surface area contributed by atoms with Crippen LogP contribution in [0.4, 0.5) is 10.5 Å². The van der Waals surface area contributed by atoms with Crippen molar-refractivity contribution in [2.45, 2.75) is 6.92 Å². The topological polar surface area (TPSA) is 68.8 Å². The van der Waals surface area contributed by atoms with Crippen LogP contribution >= 0.6 is 23.2 Å². The highest BCUT2D eigenvalue weighted by Crippen LogP contribution is 2.32. The number of hydrogen-bond acceptors (Lipinski definition) is 4. The Kier molecular flexibility index (Phi) is 9.04. The Labute approximate surface area is 168 Å². The summed E-state index contributed by atoms with van der Waals surface area (Å²) < 4.78 is 16.4. The Morgan fingerprint density at radius 2 is 1.78 bits per heavy atom. The summed E-state index contributed by atoms with van der Waals surface area (Å²) in [5.74, 6) is 1.09. The third-order valence-electron chi connectivity index (χ3n) is 3.36. The number of halogens is 2. The molecule has 146 valence electrons. The SMILES string of the molecule is CCOCCOc1c(Cl)cccc1NC(=O)NCCOc1ccc(Cl)cc1. The van der Waals surface area contributed by atoms with E-state index in [1.807, 2.05) is 6.92 Å². The van der Waals surface area contributed by atoms with Crippen molar-refractivity contribution in [2.75, 3.05) is 38.3 Å². The summed E-state index contributed by atoms with van der Waals surface area (Å²) in [6, 6.07) is 11.8. The lowest BCUT2D eigenvalue weighted by molar-refractivity contribution is 0.110. The minimum atomic E-state index is -0.383. The summed E-state index contributed by atoms with van der Waals surface area (Å²) in [6.45, 7) is 3.94. The largest absolute Gasteiger partial charge is 0.492 e. The monoisotopic (exact) mass is 412 g/mol. The molecule has 8 heteroatoms. The number of rotatable bonds is 10. The number of carbonyl (C=O) groups is 1. The van der Waals surface area contributed by atoms with Crippen LogP contribution in [0.3, 0.4) is 0 Å². The van der Waals surface area contributed by atoms with Crippen LogP contribution in [0.5, 0.6) is 11.5 Å². The van der Waals surface area contributed by atoms with Crippen molar-refractivity contribution in [1.29, 1.82) is 0 Å². The number of urea groups is 1. The van der Waals surface area contributed by atoms with Crippen molar-refractivity contribution < 1.29 is 19.0 Å². The summed E-state index contributed by atoms with van der Waals surface area (Å²) in [5, 5.41) is 6.49. The van der Waals surface area contributed by atoms with Gasteiger partial charge in [0.1, 0.15) is 19.0 Å². The van der Waals surface area contributed by atoms with Gasteiger partial charge in [-0.25, -0.2) is 4.79 Å². The number of anilines is 1. The molecule has 0 radical (unpaired) electrons. The van der Waals surface area contributed by atoms with Gasteiger partial charge >= 0.3 is 6.03 Å². The van der Waals surface area contributed by atoms with Crippen LogP contribution in [-0.2, 0) is 4.74 Å². The minimum Gasteiger partial charge on any atom is -0.492 e. The molecule has 0 spiro atoms. The molecule has 0 atom stereocenters. The third kappa shape index (κ3) is 7.54. The van der Waals surface area contributed by atoms with E-state index in [1.165, 1.54) is 0 Å². The first kappa shape index (κ1) is 21.2. The van der Waals surface area contributed by atoms with Crippen LogP contribution in [-0.4, -0.2) is 39.0 Å². The van der Waals surface area contributed by atoms with E-state index in [1.54, 1.807) is 42.5 Å². The first-order valence-corrected chi connectivity index (χ1v) is 9.28. The van der Waals surface area contributed by atoms with Crippen LogP contribution < -0.4 is 20.1 Å². The normalized spacial score (nSPS) is 10.3. The quantitative estimate of drug-likeness (QED) is 0.559. The van der Waals surface area contributed by atoms with Crippen LogP contribution in [0.25, 0.3) is 0 Å². The molecule has 0 aliphatic carbocycles. The standard InChI is InChI=1S/C19H22Cl2N2O4/c1-2-25-12-13-27-18-16(21)4-3-5-17(18)23-19(24)22-10-11-26-15-8-6-14(20)7-9-15/h3-9H,2,10-13H2,1H3,(H2,22,23,24). The fraction of sp³-hybridized carbons (Fsp3) is 0.316. The molecular formula is C19H22Cl2N2O4. The highest BCUT2D eigenvalue weighted by atomic mass is 35.5. The molecule has 2 aromatic rings. The zero-order valence-electron chi connectivity index (χ0n) is 15.0. The van der Waals surface area contributed by atoms with Crippen molar-refractivity contribution in [3.63, 3.8) is 0 Å². The lowest BCUT2D eigenvalue weighted by Crippen LogP contribution is -2.32. The molecule has 0 fully saturated rings. The lowest BCUT2D eigenvalue weighted by Gasteiger charge is -2.14. The maximum Gasteiger partial charge on any atom is 0.319 e. The van der Waals surface area contributed by atoms with Crippen molar-refractivity contribution in [1.82, 2.24) is 5.32 Å². The van der Waals surface area contributed by atoms with Crippen molar-refractivity contribution in [2.24, 2.45) is 0 Å². The number of para-hydroxylation sites is 1. The molecule has 0 bridgehead atoms. The third-order valence-corrected chi connectivity index (χ3v) is 3.91. The van der Waals surface area contributed by atoms with E-state index in [4.69, 9.17) is 37.4 Å². The van der Waals surface area contributed by atoms with Gasteiger partial charge in [0.25, 0.3) is 0 Å². The molecule has 0 aliphatic heterocycles. The Morgan fingerprint density at radius 1 is 1.00 bits per heavy atom. The molecule has 2 amide bonds. The van der Waals surface area contributed by atoms with Gasteiger partial charge in [-0.15, -0.1) is 0 Å². The maximum atomic E-state index is 12.1. The van der Waals surface area contributed by atoms with Crippen molar-refractivity contribution in [3.05, 3.63) is 52.5 Å². The molecule has 6 nitrogen and oxygen atoms in total. The van der Waals surface area contributed by atoms with Crippen LogP contribution in [0, 0.1) is 0 Å². The summed E-state index contributed by atoms with van der Waals surface area (Å²) in [6.07, 6.45) is 0. The fourth-order valence-corrected chi connectivity index (χ4v) is 2.49. The predicted molar refractivity (Wildman–Crippen MR) is 107 cm³/mol. The van der Waals surface area contributed by atoms with Gasteiger partial charge in [-0.3, -0.25) is 0 Å². The highest BCUT2D eigenvalue weighted by Gasteiger charge is 2.11. The molecule has 0 saturated carbocycles. The second-order valence-corrected chi connectivity index (χ2v) is 6.19. The Hall–Kier alpha value is -2.15. The van der Waals surface area contributed by atoms with E-state index in [0.717, 1.165) is 0 Å². The fourth-order valence-electron chi connectivity index (χ4n) is 2.13. The lowest BCUT2D eigenvalue weighted by atomic mass is 10.3. The van der Waals surface area contributed by atoms with Crippen LogP contribution in [0.2, 0.25) is 10.0 Å². The summed E-state index contributed by atoms with van der Waals surface area (Å²) >= 11 is 12.0. The number of ether oxygens (including phenoxy) is 3. The first-order chi connectivity index (χ1) is 13.1. The number of benzene rings is 2. The molecule has 0 unspecified atom stereocenters. The second kappa shape index (κ2) is 11.5. The molecule has 0 saturated heterocycles. The average molecular weight is 413 g/mol. The number of amides is 2. The summed E-state index contributed by atoms with van der Waals surface area (Å²) in [5.41, 5.74) is 0.482. The van der Waals surface area contributed by atoms with Crippen LogP contribution in [0.15, 0.2) is 42.5 Å². The van der Waals surface area contributed by atoms with Gasteiger partial charge < -0.3 is 24.8 Å². The van der Waals surface area contributed by atoms with E-state index >= 15 is 0 Å². The van der Waals surface area contributed by atoms with Crippen LogP contribution in [0.1, 0.15) is 6.92 Å². The average Bonchev–Trinajstić information content (AvgIpc) is 2.65. The van der Waals surface area contributed by atoms with Gasteiger partial charge in [0.15, 0.2) is 5.75 Å². The smallest absolute Gasteiger partial charge is 0.319 e. The molecule has 0 aromatic heterocycles. The van der Waals surface area contributed by atoms with E-state index in [9.17, 15) is 4.79 Å². The molecule has 0 aliphatic rings. The maximum absolute atomic E-state index is 12.1. The van der Waals surface area contributed by atoms with Gasteiger partial charge in [-0.2, -0.15) is 0 Å². The van der Waals surface area contributed by atoms with Gasteiger partial charge in [-0.05, 0) is 43.3 Å².